The van der Waals surface area contributed by atoms with Crippen LogP contribution in [0.4, 0.5) is 4.79 Å². The van der Waals surface area contributed by atoms with Gasteiger partial charge in [0.05, 0.1) is 18.3 Å². The monoisotopic (exact) mass is 384 g/mol. The van der Waals surface area contributed by atoms with Gasteiger partial charge in [0, 0.05) is 12.6 Å². The first-order valence-electron chi connectivity index (χ1n) is 8.89. The molecule has 0 saturated heterocycles. The molecular formula is C21H24N2O5. The van der Waals surface area contributed by atoms with E-state index in [0.717, 1.165) is 5.56 Å². The molecule has 7 nitrogen and oxygen atoms in total. The molecule has 28 heavy (non-hydrogen) atoms. The maximum absolute atomic E-state index is 12.5. The Bertz CT molecular complexity index is 803. The Morgan fingerprint density at radius 3 is 2.18 bits per heavy atom. The lowest BCUT2D eigenvalue weighted by Crippen LogP contribution is -2.41. The van der Waals surface area contributed by atoms with E-state index in [9.17, 15) is 14.4 Å². The third-order valence-corrected chi connectivity index (χ3v) is 3.80. The minimum Gasteiger partial charge on any atom is -0.444 e. The van der Waals surface area contributed by atoms with E-state index in [-0.39, 0.29) is 6.10 Å². The van der Waals surface area contributed by atoms with E-state index < -0.39 is 24.0 Å². The molecule has 0 radical (unpaired) electrons. The first-order chi connectivity index (χ1) is 13.4. The van der Waals surface area contributed by atoms with Crippen LogP contribution in [0.3, 0.4) is 0 Å². The normalized spacial score (nSPS) is 11.6. The van der Waals surface area contributed by atoms with Crippen molar-refractivity contribution in [3.8, 4) is 0 Å². The Balaban J connectivity index is 2.13. The highest BCUT2D eigenvalue weighted by Crippen LogP contribution is 2.20. The van der Waals surface area contributed by atoms with E-state index >= 15 is 0 Å². The van der Waals surface area contributed by atoms with Gasteiger partial charge >= 0.3 is 12.0 Å². The van der Waals surface area contributed by atoms with E-state index in [4.69, 9.17) is 9.47 Å². The van der Waals surface area contributed by atoms with E-state index in [1.165, 1.54) is 7.05 Å². The summed E-state index contributed by atoms with van der Waals surface area (Å²) in [6.07, 6.45) is -1.15. The molecule has 0 heterocycles. The highest BCUT2D eigenvalue weighted by Gasteiger charge is 2.26. The number of carbonyl (C=O) groups is 3. The second-order valence-corrected chi connectivity index (χ2v) is 6.32. The topological polar surface area (TPSA) is 93.7 Å². The average molecular weight is 384 g/mol. The van der Waals surface area contributed by atoms with Gasteiger partial charge in [0.1, 0.15) is 0 Å². The number of amides is 3. The number of rotatable bonds is 7. The van der Waals surface area contributed by atoms with Gasteiger partial charge in [0.15, 0.2) is 0 Å². The number of esters is 1. The molecule has 2 aromatic carbocycles. The molecule has 0 bridgehead atoms. The van der Waals surface area contributed by atoms with Crippen LogP contribution in [0.25, 0.3) is 0 Å². The molecule has 7 heteroatoms. The molecule has 148 valence electrons. The highest BCUT2D eigenvalue weighted by atomic mass is 16.5. The van der Waals surface area contributed by atoms with Crippen molar-refractivity contribution in [2.24, 2.45) is 0 Å². The van der Waals surface area contributed by atoms with Crippen LogP contribution in [-0.2, 0) is 20.9 Å². The lowest BCUT2D eigenvalue weighted by atomic mass is 10.1. The van der Waals surface area contributed by atoms with Gasteiger partial charge in [0.2, 0.25) is 6.10 Å². The van der Waals surface area contributed by atoms with Gasteiger partial charge in [-0.15, -0.1) is 0 Å². The van der Waals surface area contributed by atoms with Crippen LogP contribution in [0.5, 0.6) is 0 Å². The van der Waals surface area contributed by atoms with Gasteiger partial charge in [-0.2, -0.15) is 0 Å². The molecule has 1 atom stereocenters. The first kappa shape index (κ1) is 21.1. The third-order valence-electron chi connectivity index (χ3n) is 3.80. The molecule has 2 rings (SSSR count). The Labute approximate surface area is 164 Å². The zero-order valence-electron chi connectivity index (χ0n) is 16.1. The van der Waals surface area contributed by atoms with Gasteiger partial charge in [-0.3, -0.25) is 10.1 Å². The fourth-order valence-corrected chi connectivity index (χ4v) is 2.32. The number of urea groups is 1. The van der Waals surface area contributed by atoms with Crippen LogP contribution in [0.1, 0.15) is 41.4 Å². The second kappa shape index (κ2) is 10.2. The number of benzene rings is 2. The maximum Gasteiger partial charge on any atom is 0.339 e. The summed E-state index contributed by atoms with van der Waals surface area (Å²) >= 11 is 0. The lowest BCUT2D eigenvalue weighted by Gasteiger charge is -2.17. The summed E-state index contributed by atoms with van der Waals surface area (Å²) in [4.78, 5) is 36.4. The van der Waals surface area contributed by atoms with Crippen molar-refractivity contribution in [1.82, 2.24) is 10.6 Å². The summed E-state index contributed by atoms with van der Waals surface area (Å²) in [5.41, 5.74) is 1.67. The van der Waals surface area contributed by atoms with Crippen LogP contribution < -0.4 is 10.6 Å². The number of hydrogen-bond donors (Lipinski definition) is 2. The Hall–Kier alpha value is -3.19. The molecule has 0 aliphatic heterocycles. The van der Waals surface area contributed by atoms with Crippen LogP contribution >= 0.6 is 0 Å². The van der Waals surface area contributed by atoms with Crippen molar-refractivity contribution in [2.75, 3.05) is 7.05 Å². The molecule has 2 N–H and O–H groups in total. The molecular weight excluding hydrogens is 360 g/mol. The smallest absolute Gasteiger partial charge is 0.339 e. The summed E-state index contributed by atoms with van der Waals surface area (Å²) in [5, 5.41) is 4.43. The van der Waals surface area contributed by atoms with Crippen molar-refractivity contribution in [2.45, 2.75) is 32.7 Å². The first-order valence-corrected chi connectivity index (χ1v) is 8.89. The zero-order valence-corrected chi connectivity index (χ0v) is 16.1. The summed E-state index contributed by atoms with van der Waals surface area (Å²) < 4.78 is 10.9. The number of nitrogens with one attached hydrogen (secondary N) is 2. The van der Waals surface area contributed by atoms with Crippen LogP contribution in [-0.4, -0.2) is 31.1 Å². The van der Waals surface area contributed by atoms with Gasteiger partial charge in [-0.05, 0) is 31.5 Å². The SMILES string of the molecule is CNC(=O)NC(=O)[C@@H](OC(=O)c1ccc(COC(C)C)cc1)c1ccccc1. The lowest BCUT2D eigenvalue weighted by molar-refractivity contribution is -0.129. The molecule has 0 aliphatic rings. The molecule has 0 saturated carbocycles. The van der Waals surface area contributed by atoms with Gasteiger partial charge in [-0.25, -0.2) is 9.59 Å². The molecule has 2 aromatic rings. The number of imide groups is 1. The molecule has 0 aromatic heterocycles. The predicted molar refractivity (Wildman–Crippen MR) is 104 cm³/mol. The highest BCUT2D eigenvalue weighted by molar-refractivity contribution is 5.99. The summed E-state index contributed by atoms with van der Waals surface area (Å²) in [6, 6.07) is 14.6. The van der Waals surface area contributed by atoms with E-state index in [0.29, 0.717) is 17.7 Å². The Morgan fingerprint density at radius 1 is 0.964 bits per heavy atom. The predicted octanol–water partition coefficient (Wildman–Crippen LogP) is 2.97. The average Bonchev–Trinajstić information content (AvgIpc) is 2.71. The Kier molecular flexibility index (Phi) is 7.71. The van der Waals surface area contributed by atoms with Gasteiger partial charge in [0.25, 0.3) is 5.91 Å². The van der Waals surface area contributed by atoms with Crippen LogP contribution in [0.2, 0.25) is 0 Å². The number of carbonyl (C=O) groups excluding carboxylic acids is 3. The van der Waals surface area contributed by atoms with Gasteiger partial charge in [-0.1, -0.05) is 42.5 Å². The standard InChI is InChI=1S/C21H24N2O5/c1-14(2)27-13-15-9-11-17(12-10-15)20(25)28-18(16-7-5-4-6-8-16)19(24)23-21(26)22-3/h4-12,14,18H,13H2,1-3H3,(H2,22,23,24,26)/t18-/m0/s1. The third kappa shape index (κ3) is 6.21. The summed E-state index contributed by atoms with van der Waals surface area (Å²) in [7, 11) is 1.39. The molecule has 0 fully saturated rings. The fraction of sp³-hybridized carbons (Fsp3) is 0.286. The van der Waals surface area contributed by atoms with Gasteiger partial charge < -0.3 is 14.8 Å². The molecule has 3 amide bonds. The fourth-order valence-electron chi connectivity index (χ4n) is 2.32. The van der Waals surface area contributed by atoms with E-state index in [2.05, 4.69) is 10.6 Å². The molecule has 0 unspecified atom stereocenters. The Morgan fingerprint density at radius 2 is 1.61 bits per heavy atom. The van der Waals surface area contributed by atoms with Crippen LogP contribution in [0, 0.1) is 0 Å². The number of ether oxygens (including phenoxy) is 2. The van der Waals surface area contributed by atoms with Crippen molar-refractivity contribution in [3.05, 3.63) is 71.3 Å². The van der Waals surface area contributed by atoms with E-state index in [1.807, 2.05) is 13.8 Å². The minimum absolute atomic E-state index is 0.107. The van der Waals surface area contributed by atoms with Crippen molar-refractivity contribution < 1.29 is 23.9 Å². The van der Waals surface area contributed by atoms with E-state index in [1.54, 1.807) is 54.6 Å². The maximum atomic E-state index is 12.5. The summed E-state index contributed by atoms with van der Waals surface area (Å²) in [5.74, 6) is -1.40. The van der Waals surface area contributed by atoms with Crippen molar-refractivity contribution in [3.63, 3.8) is 0 Å². The molecule has 0 spiro atoms. The zero-order chi connectivity index (χ0) is 20.5. The molecule has 0 aliphatic carbocycles. The van der Waals surface area contributed by atoms with Crippen LogP contribution in [0.15, 0.2) is 54.6 Å². The minimum atomic E-state index is -1.25. The van der Waals surface area contributed by atoms with Crippen molar-refractivity contribution in [1.29, 1.82) is 0 Å². The quantitative estimate of drug-likeness (QED) is 0.716. The largest absolute Gasteiger partial charge is 0.444 e. The number of hydrogen-bond acceptors (Lipinski definition) is 5. The second-order valence-electron chi connectivity index (χ2n) is 6.32. The summed E-state index contributed by atoms with van der Waals surface area (Å²) in [6.45, 7) is 4.33. The van der Waals surface area contributed by atoms with Crippen molar-refractivity contribution >= 4 is 17.9 Å².